The molecular weight excluding hydrogens is 317 g/mol. The number of hydrogen-bond donors (Lipinski definition) is 2. The van der Waals surface area contributed by atoms with E-state index < -0.39 is 33.8 Å². The Hall–Kier alpha value is -3.17. The standard InChI is InChI=1S/C13H9F3N4O3/c1-18-8-3-2-6(4-9(8)19-17)23-10-5-7(14)13(20(21)22)12(16)11(10)15/h2-5,17-18H,1H3. The molecule has 0 saturated heterocycles. The number of nitro groups is 1. The van der Waals surface area contributed by atoms with Crippen molar-refractivity contribution in [1.82, 2.24) is 0 Å². The zero-order valence-corrected chi connectivity index (χ0v) is 11.6. The van der Waals surface area contributed by atoms with Crippen LogP contribution in [0.15, 0.2) is 29.4 Å². The molecule has 7 nitrogen and oxygen atoms in total. The summed E-state index contributed by atoms with van der Waals surface area (Å²) in [6.07, 6.45) is 0. The summed E-state index contributed by atoms with van der Waals surface area (Å²) in [6.45, 7) is 0. The first-order chi connectivity index (χ1) is 10.9. The van der Waals surface area contributed by atoms with Crippen LogP contribution in [0.25, 0.3) is 0 Å². The van der Waals surface area contributed by atoms with Crippen LogP contribution in [0.3, 0.4) is 0 Å². The highest BCUT2D eigenvalue weighted by molar-refractivity contribution is 5.67. The molecule has 0 fully saturated rings. The van der Waals surface area contributed by atoms with Crippen molar-refractivity contribution in [2.45, 2.75) is 0 Å². The van der Waals surface area contributed by atoms with Crippen molar-refractivity contribution >= 4 is 17.1 Å². The Balaban J connectivity index is 2.45. The van der Waals surface area contributed by atoms with Gasteiger partial charge in [0.25, 0.3) is 0 Å². The molecule has 0 spiro atoms. The van der Waals surface area contributed by atoms with Crippen LogP contribution in [0, 0.1) is 33.1 Å². The number of rotatable bonds is 5. The van der Waals surface area contributed by atoms with E-state index in [-0.39, 0.29) is 11.4 Å². The highest BCUT2D eigenvalue weighted by atomic mass is 19.2. The molecule has 2 N–H and O–H groups in total. The molecule has 23 heavy (non-hydrogen) atoms. The number of anilines is 1. The van der Waals surface area contributed by atoms with E-state index in [1.54, 1.807) is 7.05 Å². The van der Waals surface area contributed by atoms with Crippen LogP contribution < -0.4 is 10.1 Å². The lowest BCUT2D eigenvalue weighted by Gasteiger charge is -2.10. The van der Waals surface area contributed by atoms with Gasteiger partial charge in [-0.25, -0.2) is 5.53 Å². The summed E-state index contributed by atoms with van der Waals surface area (Å²) in [5.74, 6) is -6.14. The predicted octanol–water partition coefficient (Wildman–Crippen LogP) is 4.51. The van der Waals surface area contributed by atoms with E-state index in [1.807, 2.05) is 0 Å². The van der Waals surface area contributed by atoms with Gasteiger partial charge in [-0.15, -0.1) is 0 Å². The Morgan fingerprint density at radius 3 is 2.52 bits per heavy atom. The molecule has 0 saturated carbocycles. The summed E-state index contributed by atoms with van der Waals surface area (Å²) in [4.78, 5) is 9.13. The molecule has 120 valence electrons. The molecule has 0 amide bonds. The third kappa shape index (κ3) is 3.05. The van der Waals surface area contributed by atoms with E-state index in [9.17, 15) is 23.3 Å². The largest absolute Gasteiger partial charge is 0.454 e. The van der Waals surface area contributed by atoms with Gasteiger partial charge in [0.2, 0.25) is 17.5 Å². The normalized spacial score (nSPS) is 10.3. The molecule has 0 unspecified atom stereocenters. The minimum absolute atomic E-state index is 0.0541. The smallest absolute Gasteiger partial charge is 0.343 e. The molecule has 0 aliphatic rings. The first-order valence-electron chi connectivity index (χ1n) is 6.08. The first-order valence-corrected chi connectivity index (χ1v) is 6.08. The van der Waals surface area contributed by atoms with Gasteiger partial charge in [0, 0.05) is 19.2 Å². The van der Waals surface area contributed by atoms with Crippen LogP contribution in [0.5, 0.6) is 11.5 Å². The fourth-order valence-corrected chi connectivity index (χ4v) is 1.81. The van der Waals surface area contributed by atoms with E-state index in [0.717, 1.165) is 0 Å². The number of nitro benzene ring substituents is 1. The maximum absolute atomic E-state index is 13.8. The minimum Gasteiger partial charge on any atom is -0.454 e. The average Bonchev–Trinajstić information content (AvgIpc) is 2.51. The number of ether oxygens (including phenoxy) is 1. The number of halogens is 3. The predicted molar refractivity (Wildman–Crippen MR) is 73.8 cm³/mol. The van der Waals surface area contributed by atoms with Gasteiger partial charge in [-0.2, -0.15) is 18.3 Å². The van der Waals surface area contributed by atoms with Gasteiger partial charge in [-0.3, -0.25) is 10.1 Å². The summed E-state index contributed by atoms with van der Waals surface area (Å²) < 4.78 is 45.8. The van der Waals surface area contributed by atoms with Crippen molar-refractivity contribution in [2.24, 2.45) is 5.11 Å². The second-order valence-corrected chi connectivity index (χ2v) is 4.23. The summed E-state index contributed by atoms with van der Waals surface area (Å²) in [5.41, 5.74) is 6.04. The summed E-state index contributed by atoms with van der Waals surface area (Å²) in [7, 11) is 1.59. The number of hydrogen-bond acceptors (Lipinski definition) is 6. The van der Waals surface area contributed by atoms with Gasteiger partial charge in [0.15, 0.2) is 5.75 Å². The monoisotopic (exact) mass is 326 g/mol. The molecule has 0 atom stereocenters. The van der Waals surface area contributed by atoms with Crippen molar-refractivity contribution in [1.29, 1.82) is 5.53 Å². The highest BCUT2D eigenvalue weighted by Crippen LogP contribution is 2.36. The highest BCUT2D eigenvalue weighted by Gasteiger charge is 2.28. The lowest BCUT2D eigenvalue weighted by atomic mass is 10.2. The zero-order valence-electron chi connectivity index (χ0n) is 11.6. The molecule has 0 radical (unpaired) electrons. The molecule has 2 rings (SSSR count). The Morgan fingerprint density at radius 1 is 1.26 bits per heavy atom. The quantitative estimate of drug-likeness (QED) is 0.365. The van der Waals surface area contributed by atoms with Gasteiger partial charge >= 0.3 is 5.69 Å². The van der Waals surface area contributed by atoms with E-state index in [2.05, 4.69) is 10.4 Å². The average molecular weight is 326 g/mol. The molecule has 2 aromatic carbocycles. The van der Waals surface area contributed by atoms with Gasteiger partial charge in [-0.05, 0) is 12.1 Å². The van der Waals surface area contributed by atoms with Crippen molar-refractivity contribution in [2.75, 3.05) is 12.4 Å². The van der Waals surface area contributed by atoms with Crippen LogP contribution in [0.4, 0.5) is 30.2 Å². The van der Waals surface area contributed by atoms with Crippen molar-refractivity contribution in [3.63, 3.8) is 0 Å². The Morgan fingerprint density at radius 2 is 1.96 bits per heavy atom. The second-order valence-electron chi connectivity index (χ2n) is 4.23. The van der Waals surface area contributed by atoms with E-state index in [0.29, 0.717) is 11.8 Å². The topological polar surface area (TPSA) is 101 Å². The summed E-state index contributed by atoms with van der Waals surface area (Å²) in [6, 6.07) is 4.41. The number of nitrogens with one attached hydrogen (secondary N) is 2. The lowest BCUT2D eigenvalue weighted by molar-refractivity contribution is -0.390. The lowest BCUT2D eigenvalue weighted by Crippen LogP contribution is -2.02. The fourth-order valence-electron chi connectivity index (χ4n) is 1.81. The van der Waals surface area contributed by atoms with Gasteiger partial charge in [0.05, 0.1) is 10.6 Å². The Kier molecular flexibility index (Phi) is 4.44. The minimum atomic E-state index is -1.96. The first kappa shape index (κ1) is 16.2. The summed E-state index contributed by atoms with van der Waals surface area (Å²) >= 11 is 0. The molecular formula is C13H9F3N4O3. The van der Waals surface area contributed by atoms with Gasteiger partial charge < -0.3 is 10.1 Å². The van der Waals surface area contributed by atoms with Gasteiger partial charge in [0.1, 0.15) is 11.4 Å². The molecule has 0 aliphatic carbocycles. The molecule has 0 heterocycles. The van der Waals surface area contributed by atoms with Crippen molar-refractivity contribution < 1.29 is 22.8 Å². The van der Waals surface area contributed by atoms with Crippen LogP contribution in [-0.4, -0.2) is 12.0 Å². The van der Waals surface area contributed by atoms with Gasteiger partial charge in [-0.1, -0.05) is 0 Å². The molecule has 0 bridgehead atoms. The maximum Gasteiger partial charge on any atom is 0.343 e. The molecule has 10 heteroatoms. The molecule has 2 aromatic rings. The third-order valence-corrected chi connectivity index (χ3v) is 2.87. The summed E-state index contributed by atoms with van der Waals surface area (Å²) in [5, 5.41) is 16.5. The SMILES string of the molecule is CNc1ccc(Oc2cc(F)c([N+](=O)[O-])c(F)c2F)cc1N=N. The number of nitrogens with zero attached hydrogens (tertiary/aromatic N) is 2. The van der Waals surface area contributed by atoms with Crippen LogP contribution in [0.2, 0.25) is 0 Å². The zero-order chi connectivity index (χ0) is 17.1. The van der Waals surface area contributed by atoms with E-state index >= 15 is 0 Å². The van der Waals surface area contributed by atoms with Crippen molar-refractivity contribution in [3.8, 4) is 11.5 Å². The van der Waals surface area contributed by atoms with E-state index in [1.165, 1.54) is 18.2 Å². The molecule has 0 aromatic heterocycles. The fraction of sp³-hybridized carbons (Fsp3) is 0.0769. The van der Waals surface area contributed by atoms with Crippen molar-refractivity contribution in [3.05, 3.63) is 51.8 Å². The van der Waals surface area contributed by atoms with Crippen LogP contribution in [0.1, 0.15) is 0 Å². The van der Waals surface area contributed by atoms with Crippen LogP contribution >= 0.6 is 0 Å². The maximum atomic E-state index is 13.8. The number of benzene rings is 2. The van der Waals surface area contributed by atoms with Crippen LogP contribution in [-0.2, 0) is 0 Å². The Bertz CT molecular complexity index is 799. The Labute approximate surface area is 127 Å². The van der Waals surface area contributed by atoms with E-state index in [4.69, 9.17) is 10.3 Å². The third-order valence-electron chi connectivity index (χ3n) is 2.87. The molecule has 0 aliphatic heterocycles. The second kappa shape index (κ2) is 6.30.